The summed E-state index contributed by atoms with van der Waals surface area (Å²) in [5.74, 6) is -0.0616. The summed E-state index contributed by atoms with van der Waals surface area (Å²) in [6.07, 6.45) is 0. The topological polar surface area (TPSA) is 46.3 Å². The molecule has 2 N–H and O–H groups in total. The molecule has 1 heterocycles. The highest BCUT2D eigenvalue weighted by molar-refractivity contribution is 9.11. The second-order valence-corrected chi connectivity index (χ2v) is 5.72. The number of hydrogen-bond donors (Lipinski definition) is 1. The van der Waals surface area contributed by atoms with E-state index in [1.165, 1.54) is 16.2 Å². The van der Waals surface area contributed by atoms with E-state index in [-0.39, 0.29) is 5.91 Å². The summed E-state index contributed by atoms with van der Waals surface area (Å²) in [6, 6.07) is 3.61. The van der Waals surface area contributed by atoms with Crippen LogP contribution in [0.4, 0.5) is 0 Å². The molecule has 0 radical (unpaired) electrons. The average molecular weight is 293 g/mol. The van der Waals surface area contributed by atoms with Crippen LogP contribution in [0, 0.1) is 0 Å². The zero-order valence-electron chi connectivity index (χ0n) is 7.49. The minimum Gasteiger partial charge on any atom is -0.392 e. The highest BCUT2D eigenvalue weighted by Crippen LogP contribution is 2.22. The number of carbonyl (C=O) groups is 1. The van der Waals surface area contributed by atoms with Crippen molar-refractivity contribution in [2.24, 2.45) is 5.73 Å². The lowest BCUT2D eigenvalue weighted by Gasteiger charge is -2.14. The third kappa shape index (κ3) is 3.04. The fraction of sp³-hybridized carbons (Fsp3) is 0.250. The molecule has 0 fully saturated rings. The summed E-state index contributed by atoms with van der Waals surface area (Å²) in [5.41, 5.74) is 5.35. The van der Waals surface area contributed by atoms with Crippen LogP contribution in [0.25, 0.3) is 0 Å². The standard InChI is InChI=1S/C8H9BrN2OS2/c1-11(4-7(10)13)8(12)5-2-3-6(9)14-5/h2-3H,4H2,1H3,(H2,10,13). The molecular weight excluding hydrogens is 284 g/mol. The molecule has 0 aromatic carbocycles. The first-order valence-corrected chi connectivity index (χ1v) is 5.81. The molecule has 3 nitrogen and oxygen atoms in total. The van der Waals surface area contributed by atoms with Crippen LogP contribution >= 0.6 is 39.5 Å². The molecule has 14 heavy (non-hydrogen) atoms. The average Bonchev–Trinajstić information content (AvgIpc) is 2.49. The molecule has 0 atom stereocenters. The van der Waals surface area contributed by atoms with Gasteiger partial charge in [0.25, 0.3) is 5.91 Å². The van der Waals surface area contributed by atoms with Crippen molar-refractivity contribution in [2.45, 2.75) is 0 Å². The molecule has 76 valence electrons. The third-order valence-electron chi connectivity index (χ3n) is 1.52. The second-order valence-electron chi connectivity index (χ2n) is 2.73. The normalized spacial score (nSPS) is 9.86. The van der Waals surface area contributed by atoms with Crippen LogP contribution in [0.15, 0.2) is 15.9 Å². The summed E-state index contributed by atoms with van der Waals surface area (Å²) in [6.45, 7) is 0.309. The monoisotopic (exact) mass is 292 g/mol. The van der Waals surface area contributed by atoms with Gasteiger partial charge in [-0.3, -0.25) is 4.79 Å². The Morgan fingerprint density at radius 2 is 2.36 bits per heavy atom. The predicted molar refractivity (Wildman–Crippen MR) is 65.8 cm³/mol. The fourth-order valence-corrected chi connectivity index (χ4v) is 2.50. The maximum Gasteiger partial charge on any atom is 0.264 e. The Bertz CT molecular complexity index is 364. The number of carbonyl (C=O) groups excluding carboxylic acids is 1. The molecule has 1 rings (SSSR count). The Hall–Kier alpha value is -0.460. The number of hydrogen-bond acceptors (Lipinski definition) is 3. The smallest absolute Gasteiger partial charge is 0.264 e. The van der Waals surface area contributed by atoms with Crippen molar-refractivity contribution in [2.75, 3.05) is 13.6 Å². The van der Waals surface area contributed by atoms with Gasteiger partial charge < -0.3 is 10.6 Å². The summed E-state index contributed by atoms with van der Waals surface area (Å²) in [5, 5.41) is 0. The van der Waals surface area contributed by atoms with Gasteiger partial charge in [0.05, 0.1) is 20.2 Å². The molecule has 6 heteroatoms. The van der Waals surface area contributed by atoms with Crippen LogP contribution in [0.3, 0.4) is 0 Å². The van der Waals surface area contributed by atoms with Crippen LogP contribution in [0.1, 0.15) is 9.67 Å². The second kappa shape index (κ2) is 4.86. The van der Waals surface area contributed by atoms with E-state index in [1.54, 1.807) is 13.1 Å². The van der Waals surface area contributed by atoms with E-state index in [0.29, 0.717) is 16.4 Å². The van der Waals surface area contributed by atoms with Crippen LogP contribution < -0.4 is 5.73 Å². The Balaban J connectivity index is 2.70. The van der Waals surface area contributed by atoms with Crippen molar-refractivity contribution in [3.05, 3.63) is 20.8 Å². The maximum atomic E-state index is 11.7. The van der Waals surface area contributed by atoms with Crippen LogP contribution in [-0.4, -0.2) is 29.4 Å². The van der Waals surface area contributed by atoms with Crippen LogP contribution in [-0.2, 0) is 0 Å². The fourth-order valence-electron chi connectivity index (χ4n) is 0.923. The van der Waals surface area contributed by atoms with Crippen LogP contribution in [0.5, 0.6) is 0 Å². The number of thiophene rings is 1. The lowest BCUT2D eigenvalue weighted by molar-refractivity contribution is 0.0820. The molecule has 0 spiro atoms. The van der Waals surface area contributed by atoms with Crippen molar-refractivity contribution in [1.82, 2.24) is 4.90 Å². The van der Waals surface area contributed by atoms with Gasteiger partial charge >= 0.3 is 0 Å². The predicted octanol–water partition coefficient (Wildman–Crippen LogP) is 1.87. The molecular formula is C8H9BrN2OS2. The largest absolute Gasteiger partial charge is 0.392 e. The summed E-state index contributed by atoms with van der Waals surface area (Å²) in [4.78, 5) is 14.2. The van der Waals surface area contributed by atoms with Crippen molar-refractivity contribution in [3.8, 4) is 0 Å². The zero-order valence-corrected chi connectivity index (χ0v) is 10.7. The number of rotatable bonds is 3. The van der Waals surface area contributed by atoms with E-state index in [2.05, 4.69) is 15.9 Å². The minimum atomic E-state index is -0.0616. The number of likely N-dealkylation sites (N-methyl/N-ethyl adjacent to an activating group) is 1. The molecule has 0 aliphatic carbocycles. The summed E-state index contributed by atoms with van der Waals surface area (Å²) < 4.78 is 0.935. The van der Waals surface area contributed by atoms with Crippen molar-refractivity contribution >= 4 is 50.4 Å². The van der Waals surface area contributed by atoms with E-state index in [9.17, 15) is 4.79 Å². The van der Waals surface area contributed by atoms with Gasteiger partial charge in [-0.1, -0.05) is 12.2 Å². The molecule has 0 unspecified atom stereocenters. The quantitative estimate of drug-likeness (QED) is 0.865. The van der Waals surface area contributed by atoms with E-state index in [0.717, 1.165) is 3.79 Å². The van der Waals surface area contributed by atoms with Crippen LogP contribution in [0.2, 0.25) is 0 Å². The van der Waals surface area contributed by atoms with Gasteiger partial charge in [0, 0.05) is 7.05 Å². The van der Waals surface area contributed by atoms with Gasteiger partial charge in [-0.05, 0) is 28.1 Å². The first-order chi connectivity index (χ1) is 6.50. The van der Waals surface area contributed by atoms with Gasteiger partial charge in [-0.25, -0.2) is 0 Å². The van der Waals surface area contributed by atoms with Gasteiger partial charge in [-0.2, -0.15) is 0 Å². The minimum absolute atomic E-state index is 0.0616. The first-order valence-electron chi connectivity index (χ1n) is 3.80. The van der Waals surface area contributed by atoms with E-state index in [4.69, 9.17) is 18.0 Å². The van der Waals surface area contributed by atoms with Gasteiger partial charge in [0.15, 0.2) is 0 Å². The number of nitrogens with two attached hydrogens (primary N) is 1. The zero-order chi connectivity index (χ0) is 10.7. The summed E-state index contributed by atoms with van der Waals surface area (Å²) in [7, 11) is 1.68. The summed E-state index contributed by atoms with van der Waals surface area (Å²) >= 11 is 9.41. The molecule has 0 bridgehead atoms. The first kappa shape index (κ1) is 11.6. The van der Waals surface area contributed by atoms with Crippen molar-refractivity contribution in [3.63, 3.8) is 0 Å². The number of halogens is 1. The molecule has 0 aliphatic rings. The molecule has 0 saturated heterocycles. The molecule has 1 aromatic rings. The highest BCUT2D eigenvalue weighted by Gasteiger charge is 2.13. The van der Waals surface area contributed by atoms with E-state index >= 15 is 0 Å². The number of thiocarbonyl (C=S) groups is 1. The Morgan fingerprint density at radius 1 is 1.71 bits per heavy atom. The third-order valence-corrected chi connectivity index (χ3v) is 3.26. The maximum absolute atomic E-state index is 11.7. The Morgan fingerprint density at radius 3 is 2.79 bits per heavy atom. The lowest BCUT2D eigenvalue weighted by Crippen LogP contribution is -2.33. The molecule has 1 aromatic heterocycles. The molecule has 0 aliphatic heterocycles. The highest BCUT2D eigenvalue weighted by atomic mass is 79.9. The number of amides is 1. The Labute approximate surface area is 100 Å². The van der Waals surface area contributed by atoms with Crippen molar-refractivity contribution < 1.29 is 4.79 Å². The Kier molecular flexibility index (Phi) is 4.03. The van der Waals surface area contributed by atoms with Crippen molar-refractivity contribution in [1.29, 1.82) is 0 Å². The van der Waals surface area contributed by atoms with Gasteiger partial charge in [0.1, 0.15) is 0 Å². The SMILES string of the molecule is CN(CC(N)=S)C(=O)c1ccc(Br)s1. The lowest BCUT2D eigenvalue weighted by atomic mass is 10.4. The van der Waals surface area contributed by atoms with E-state index < -0.39 is 0 Å². The molecule has 0 saturated carbocycles. The number of nitrogens with zero attached hydrogens (tertiary/aromatic N) is 1. The van der Waals surface area contributed by atoms with E-state index in [1.807, 2.05) is 6.07 Å². The van der Waals surface area contributed by atoms with Gasteiger partial charge in [0.2, 0.25) is 0 Å². The van der Waals surface area contributed by atoms with Gasteiger partial charge in [-0.15, -0.1) is 11.3 Å². The molecule has 1 amide bonds.